The summed E-state index contributed by atoms with van der Waals surface area (Å²) in [6.07, 6.45) is 9.48. The van der Waals surface area contributed by atoms with E-state index in [-0.39, 0.29) is 5.54 Å². The molecule has 0 radical (unpaired) electrons. The average molecular weight is 292 g/mol. The van der Waals surface area contributed by atoms with Crippen LogP contribution in [0.2, 0.25) is 0 Å². The van der Waals surface area contributed by atoms with Gasteiger partial charge < -0.3 is 5.73 Å². The number of hydrogen-bond acceptors (Lipinski definition) is 3. The molecular formula is C17H28N2S. The maximum absolute atomic E-state index is 6.31. The van der Waals surface area contributed by atoms with E-state index in [1.807, 2.05) is 11.3 Å². The number of nitrogens with zero attached hydrogens (tertiary/aromatic N) is 1. The Morgan fingerprint density at radius 2 is 2.25 bits per heavy atom. The molecule has 3 rings (SSSR count). The van der Waals surface area contributed by atoms with Gasteiger partial charge in [0.15, 0.2) is 0 Å². The number of rotatable bonds is 6. The molecule has 112 valence electrons. The van der Waals surface area contributed by atoms with Crippen molar-refractivity contribution in [3.05, 3.63) is 22.4 Å². The van der Waals surface area contributed by atoms with Gasteiger partial charge in [0.2, 0.25) is 0 Å². The third-order valence-corrected chi connectivity index (χ3v) is 6.24. The SMILES string of the molecule is CCC1CCCC(CN)(N(Cc2cccs2)C2CC2)C1. The van der Waals surface area contributed by atoms with E-state index < -0.39 is 0 Å². The molecule has 2 N–H and O–H groups in total. The van der Waals surface area contributed by atoms with Crippen molar-refractivity contribution in [1.29, 1.82) is 0 Å². The molecule has 3 heteroatoms. The highest BCUT2D eigenvalue weighted by Crippen LogP contribution is 2.44. The van der Waals surface area contributed by atoms with Crippen LogP contribution in [0.3, 0.4) is 0 Å². The lowest BCUT2D eigenvalue weighted by Crippen LogP contribution is -2.56. The summed E-state index contributed by atoms with van der Waals surface area (Å²) in [5.74, 6) is 0.886. The predicted octanol–water partition coefficient (Wildman–Crippen LogP) is 4.01. The van der Waals surface area contributed by atoms with E-state index in [2.05, 4.69) is 29.3 Å². The van der Waals surface area contributed by atoms with Gasteiger partial charge >= 0.3 is 0 Å². The van der Waals surface area contributed by atoms with E-state index in [1.54, 1.807) is 0 Å². The lowest BCUT2D eigenvalue weighted by atomic mass is 9.73. The van der Waals surface area contributed by atoms with Gasteiger partial charge in [0.05, 0.1) is 0 Å². The standard InChI is InChI=1S/C17H28N2S/c1-2-14-5-3-9-17(11-14,13-18)19(15-7-8-15)12-16-6-4-10-20-16/h4,6,10,14-15H,2-3,5,7-9,11-13,18H2,1H3. The van der Waals surface area contributed by atoms with Gasteiger partial charge in [0, 0.05) is 29.5 Å². The van der Waals surface area contributed by atoms with Crippen LogP contribution < -0.4 is 5.73 Å². The summed E-state index contributed by atoms with van der Waals surface area (Å²) >= 11 is 1.89. The maximum Gasteiger partial charge on any atom is 0.0341 e. The minimum absolute atomic E-state index is 0.282. The Morgan fingerprint density at radius 3 is 2.85 bits per heavy atom. The summed E-state index contributed by atoms with van der Waals surface area (Å²) in [6, 6.07) is 5.26. The molecule has 2 saturated carbocycles. The van der Waals surface area contributed by atoms with Crippen LogP contribution in [-0.4, -0.2) is 23.0 Å². The first-order valence-electron chi connectivity index (χ1n) is 8.26. The molecule has 1 aromatic rings. The van der Waals surface area contributed by atoms with Crippen LogP contribution >= 0.6 is 11.3 Å². The van der Waals surface area contributed by atoms with E-state index in [0.29, 0.717) is 0 Å². The molecule has 0 saturated heterocycles. The second-order valence-corrected chi connectivity index (χ2v) is 7.77. The molecule has 0 aromatic carbocycles. The lowest BCUT2D eigenvalue weighted by Gasteiger charge is -2.48. The Labute approximate surface area is 127 Å². The highest BCUT2D eigenvalue weighted by atomic mass is 32.1. The molecule has 0 spiro atoms. The Kier molecular flexibility index (Phi) is 4.49. The van der Waals surface area contributed by atoms with E-state index in [4.69, 9.17) is 5.73 Å². The second kappa shape index (κ2) is 6.17. The monoisotopic (exact) mass is 292 g/mol. The molecule has 2 fully saturated rings. The largest absolute Gasteiger partial charge is 0.329 e. The van der Waals surface area contributed by atoms with E-state index in [1.165, 1.54) is 49.8 Å². The topological polar surface area (TPSA) is 29.3 Å². The van der Waals surface area contributed by atoms with Crippen LogP contribution in [0.5, 0.6) is 0 Å². The number of thiophene rings is 1. The van der Waals surface area contributed by atoms with Gasteiger partial charge in [-0.2, -0.15) is 0 Å². The molecule has 0 amide bonds. The van der Waals surface area contributed by atoms with Gasteiger partial charge in [-0.05, 0) is 43.0 Å². The van der Waals surface area contributed by atoms with Crippen LogP contribution in [0.25, 0.3) is 0 Å². The molecule has 1 aromatic heterocycles. The van der Waals surface area contributed by atoms with Gasteiger partial charge in [0.1, 0.15) is 0 Å². The highest BCUT2D eigenvalue weighted by molar-refractivity contribution is 7.09. The minimum atomic E-state index is 0.282. The van der Waals surface area contributed by atoms with Crippen LogP contribution in [0, 0.1) is 5.92 Å². The van der Waals surface area contributed by atoms with Crippen LogP contribution in [0.15, 0.2) is 17.5 Å². The van der Waals surface area contributed by atoms with Gasteiger partial charge in [-0.1, -0.05) is 32.3 Å². The first-order valence-corrected chi connectivity index (χ1v) is 9.14. The minimum Gasteiger partial charge on any atom is -0.329 e. The second-order valence-electron chi connectivity index (χ2n) is 6.74. The van der Waals surface area contributed by atoms with Crippen molar-refractivity contribution >= 4 is 11.3 Å². The molecule has 0 bridgehead atoms. The van der Waals surface area contributed by atoms with Crippen molar-refractivity contribution in [3.63, 3.8) is 0 Å². The summed E-state index contributed by atoms with van der Waals surface area (Å²) in [6.45, 7) is 4.30. The first kappa shape index (κ1) is 14.6. The van der Waals surface area contributed by atoms with Gasteiger partial charge in [0.25, 0.3) is 0 Å². The molecule has 2 aliphatic rings. The molecule has 2 nitrogen and oxygen atoms in total. The molecule has 2 atom stereocenters. The normalized spacial score (nSPS) is 30.9. The maximum atomic E-state index is 6.31. The Morgan fingerprint density at radius 1 is 1.40 bits per heavy atom. The van der Waals surface area contributed by atoms with E-state index in [9.17, 15) is 0 Å². The summed E-state index contributed by atoms with van der Waals surface area (Å²) in [4.78, 5) is 4.30. The Balaban J connectivity index is 1.79. The van der Waals surface area contributed by atoms with Gasteiger partial charge in [-0.15, -0.1) is 11.3 Å². The zero-order valence-corrected chi connectivity index (χ0v) is 13.5. The fourth-order valence-electron chi connectivity index (χ4n) is 4.01. The predicted molar refractivity (Wildman–Crippen MR) is 86.9 cm³/mol. The van der Waals surface area contributed by atoms with Crippen LogP contribution in [0.4, 0.5) is 0 Å². The number of hydrogen-bond donors (Lipinski definition) is 1. The molecule has 20 heavy (non-hydrogen) atoms. The third kappa shape index (κ3) is 2.95. The Hall–Kier alpha value is -0.380. The first-order chi connectivity index (χ1) is 9.77. The zero-order valence-electron chi connectivity index (χ0n) is 12.7. The fourth-order valence-corrected chi connectivity index (χ4v) is 4.72. The lowest BCUT2D eigenvalue weighted by molar-refractivity contribution is 0.0218. The number of nitrogens with two attached hydrogens (primary N) is 1. The fraction of sp³-hybridized carbons (Fsp3) is 0.765. The smallest absolute Gasteiger partial charge is 0.0341 e. The van der Waals surface area contributed by atoms with E-state index in [0.717, 1.165) is 25.0 Å². The van der Waals surface area contributed by atoms with Crippen LogP contribution in [0.1, 0.15) is 56.7 Å². The van der Waals surface area contributed by atoms with Crippen molar-refractivity contribution in [2.75, 3.05) is 6.54 Å². The Bertz CT molecular complexity index is 413. The van der Waals surface area contributed by atoms with E-state index >= 15 is 0 Å². The van der Waals surface area contributed by atoms with Crippen molar-refractivity contribution in [1.82, 2.24) is 4.90 Å². The zero-order chi connectivity index (χ0) is 14.0. The summed E-state index contributed by atoms with van der Waals surface area (Å²) in [5.41, 5.74) is 6.59. The van der Waals surface area contributed by atoms with Crippen molar-refractivity contribution in [2.24, 2.45) is 11.7 Å². The molecule has 1 heterocycles. The van der Waals surface area contributed by atoms with Crippen molar-refractivity contribution in [3.8, 4) is 0 Å². The summed E-state index contributed by atoms with van der Waals surface area (Å²) in [7, 11) is 0. The van der Waals surface area contributed by atoms with Crippen molar-refractivity contribution in [2.45, 2.75) is 70.0 Å². The third-order valence-electron chi connectivity index (χ3n) is 5.38. The highest BCUT2D eigenvalue weighted by Gasteiger charge is 2.45. The average Bonchev–Trinajstić information content (AvgIpc) is 3.20. The van der Waals surface area contributed by atoms with Crippen LogP contribution in [-0.2, 0) is 6.54 Å². The molecule has 2 unspecified atom stereocenters. The van der Waals surface area contributed by atoms with Crippen molar-refractivity contribution < 1.29 is 0 Å². The molecule has 0 aliphatic heterocycles. The van der Waals surface area contributed by atoms with Gasteiger partial charge in [-0.25, -0.2) is 0 Å². The van der Waals surface area contributed by atoms with Gasteiger partial charge in [-0.3, -0.25) is 4.90 Å². The summed E-state index contributed by atoms with van der Waals surface area (Å²) < 4.78 is 0. The molecular weight excluding hydrogens is 264 g/mol. The quantitative estimate of drug-likeness (QED) is 0.858. The molecule has 2 aliphatic carbocycles. The summed E-state index contributed by atoms with van der Waals surface area (Å²) in [5, 5.41) is 2.20.